The van der Waals surface area contributed by atoms with Gasteiger partial charge in [-0.1, -0.05) is 54.6 Å². The molecule has 0 bridgehead atoms. The van der Waals surface area contributed by atoms with Crippen LogP contribution in [0.15, 0.2) is 79.3 Å². The van der Waals surface area contributed by atoms with Crippen molar-refractivity contribution in [1.82, 2.24) is 29.3 Å². The molecule has 0 fully saturated rings. The minimum absolute atomic E-state index is 0.177. The standard InChI is InChI=1S/C28H26N6O/c1-19-17-33(18-29-19)25-15-14-24(30-28(25)35-2)26-31-27-23(13-8-16-34(27)32-26)22-12-7-6-11-21(22)20-9-4-3-5-10-20/h3-7,9-12,14-15,17-18,23H,8,13,16H2,1-2H3/t23-/m1/s1. The van der Waals surface area contributed by atoms with Crippen LogP contribution >= 0.6 is 0 Å². The van der Waals surface area contributed by atoms with Crippen LogP contribution in [0.25, 0.3) is 28.3 Å². The third kappa shape index (κ3) is 3.89. The number of hydrogen-bond acceptors (Lipinski definition) is 5. The molecule has 7 heteroatoms. The summed E-state index contributed by atoms with van der Waals surface area (Å²) < 4.78 is 9.56. The van der Waals surface area contributed by atoms with Crippen molar-refractivity contribution in [3.05, 3.63) is 96.3 Å². The monoisotopic (exact) mass is 462 g/mol. The average molecular weight is 463 g/mol. The van der Waals surface area contributed by atoms with Crippen LogP contribution in [-0.4, -0.2) is 36.4 Å². The summed E-state index contributed by atoms with van der Waals surface area (Å²) >= 11 is 0. The predicted octanol–water partition coefficient (Wildman–Crippen LogP) is 5.44. The Morgan fingerprint density at radius 3 is 2.57 bits per heavy atom. The molecule has 174 valence electrons. The van der Waals surface area contributed by atoms with Gasteiger partial charge in [0.1, 0.15) is 17.2 Å². The Kier molecular flexibility index (Phi) is 5.37. The second-order valence-corrected chi connectivity index (χ2v) is 8.81. The third-order valence-corrected chi connectivity index (χ3v) is 6.55. The van der Waals surface area contributed by atoms with E-state index in [0.29, 0.717) is 17.4 Å². The maximum absolute atomic E-state index is 5.61. The van der Waals surface area contributed by atoms with Crippen molar-refractivity contribution in [3.8, 4) is 34.2 Å². The first-order valence-corrected chi connectivity index (χ1v) is 11.9. The van der Waals surface area contributed by atoms with Crippen molar-refractivity contribution >= 4 is 0 Å². The lowest BCUT2D eigenvalue weighted by molar-refractivity contribution is 0.396. The van der Waals surface area contributed by atoms with Gasteiger partial charge < -0.3 is 9.30 Å². The fourth-order valence-electron chi connectivity index (χ4n) is 4.89. The van der Waals surface area contributed by atoms with Crippen molar-refractivity contribution in [1.29, 1.82) is 0 Å². The van der Waals surface area contributed by atoms with Crippen molar-refractivity contribution < 1.29 is 4.74 Å². The van der Waals surface area contributed by atoms with Crippen LogP contribution in [0, 0.1) is 6.92 Å². The van der Waals surface area contributed by atoms with E-state index in [1.54, 1.807) is 13.4 Å². The Balaban J connectivity index is 1.39. The number of pyridine rings is 1. The molecule has 5 aromatic rings. The molecule has 2 aromatic carbocycles. The van der Waals surface area contributed by atoms with E-state index in [1.165, 1.54) is 16.7 Å². The Hall–Kier alpha value is -4.26. The Morgan fingerprint density at radius 2 is 1.77 bits per heavy atom. The topological polar surface area (TPSA) is 70.7 Å². The van der Waals surface area contributed by atoms with E-state index in [9.17, 15) is 0 Å². The number of aromatic nitrogens is 6. The van der Waals surface area contributed by atoms with Gasteiger partial charge in [0.2, 0.25) is 5.88 Å². The molecule has 1 atom stereocenters. The smallest absolute Gasteiger partial charge is 0.238 e. The van der Waals surface area contributed by atoms with E-state index in [0.717, 1.165) is 36.6 Å². The number of aryl methyl sites for hydroxylation is 2. The zero-order chi connectivity index (χ0) is 23.8. The summed E-state index contributed by atoms with van der Waals surface area (Å²) in [5.74, 6) is 2.30. The van der Waals surface area contributed by atoms with Gasteiger partial charge in [-0.3, -0.25) is 0 Å². The number of fused-ring (bicyclic) bond motifs is 1. The Morgan fingerprint density at radius 1 is 0.943 bits per heavy atom. The molecule has 0 aliphatic carbocycles. The molecule has 1 aliphatic rings. The largest absolute Gasteiger partial charge is 0.479 e. The number of ether oxygens (including phenoxy) is 1. The first-order chi connectivity index (χ1) is 17.2. The molecule has 0 unspecified atom stereocenters. The highest BCUT2D eigenvalue weighted by Crippen LogP contribution is 2.38. The van der Waals surface area contributed by atoms with E-state index in [4.69, 9.17) is 19.8 Å². The number of nitrogens with zero attached hydrogens (tertiary/aromatic N) is 6. The second kappa shape index (κ2) is 8.83. The average Bonchev–Trinajstić information content (AvgIpc) is 3.55. The van der Waals surface area contributed by atoms with Crippen LogP contribution in [-0.2, 0) is 6.54 Å². The first-order valence-electron chi connectivity index (χ1n) is 11.9. The van der Waals surface area contributed by atoms with Gasteiger partial charge in [0, 0.05) is 18.7 Å². The molecular formula is C28H26N6O. The maximum Gasteiger partial charge on any atom is 0.238 e. The zero-order valence-electron chi connectivity index (χ0n) is 19.8. The minimum atomic E-state index is 0.177. The highest BCUT2D eigenvalue weighted by Gasteiger charge is 2.28. The SMILES string of the molecule is COc1nc(-c2nc3n(n2)CCC[C@@H]3c2ccccc2-c2ccccc2)ccc1-n1cnc(C)c1. The van der Waals surface area contributed by atoms with E-state index in [1.807, 2.05) is 34.5 Å². The molecule has 3 aromatic heterocycles. The molecule has 0 radical (unpaired) electrons. The van der Waals surface area contributed by atoms with Gasteiger partial charge in [-0.2, -0.15) is 0 Å². The summed E-state index contributed by atoms with van der Waals surface area (Å²) in [6.07, 6.45) is 5.80. The molecule has 0 saturated carbocycles. The van der Waals surface area contributed by atoms with Gasteiger partial charge in [-0.05, 0) is 48.6 Å². The lowest BCUT2D eigenvalue weighted by atomic mass is 9.86. The molecule has 7 nitrogen and oxygen atoms in total. The number of benzene rings is 2. The summed E-state index contributed by atoms with van der Waals surface area (Å²) in [6.45, 7) is 2.81. The van der Waals surface area contributed by atoms with E-state index < -0.39 is 0 Å². The van der Waals surface area contributed by atoms with Crippen LogP contribution < -0.4 is 4.74 Å². The van der Waals surface area contributed by atoms with Gasteiger partial charge >= 0.3 is 0 Å². The molecule has 4 heterocycles. The number of hydrogen-bond donors (Lipinski definition) is 0. The van der Waals surface area contributed by atoms with Crippen molar-refractivity contribution in [2.75, 3.05) is 7.11 Å². The van der Waals surface area contributed by atoms with Crippen LogP contribution in [0.2, 0.25) is 0 Å². The summed E-state index contributed by atoms with van der Waals surface area (Å²) in [5.41, 5.74) is 6.21. The molecule has 6 rings (SSSR count). The molecule has 0 spiro atoms. The maximum atomic E-state index is 5.61. The molecule has 35 heavy (non-hydrogen) atoms. The van der Waals surface area contributed by atoms with Gasteiger partial charge in [-0.15, -0.1) is 5.10 Å². The van der Waals surface area contributed by atoms with Gasteiger partial charge in [0.25, 0.3) is 0 Å². The highest BCUT2D eigenvalue weighted by molar-refractivity contribution is 5.68. The van der Waals surface area contributed by atoms with Gasteiger partial charge in [0.15, 0.2) is 5.82 Å². The van der Waals surface area contributed by atoms with E-state index in [2.05, 4.69) is 59.6 Å². The van der Waals surface area contributed by atoms with Crippen LogP contribution in [0.3, 0.4) is 0 Å². The zero-order valence-corrected chi connectivity index (χ0v) is 19.8. The number of methoxy groups -OCH3 is 1. The van der Waals surface area contributed by atoms with Gasteiger partial charge in [0.05, 0.1) is 19.1 Å². The second-order valence-electron chi connectivity index (χ2n) is 8.81. The lowest BCUT2D eigenvalue weighted by Crippen LogP contribution is -2.18. The van der Waals surface area contributed by atoms with E-state index >= 15 is 0 Å². The van der Waals surface area contributed by atoms with Crippen LogP contribution in [0.5, 0.6) is 5.88 Å². The summed E-state index contributed by atoms with van der Waals surface area (Å²) in [5, 5.41) is 4.85. The summed E-state index contributed by atoms with van der Waals surface area (Å²) in [4.78, 5) is 14.1. The Bertz CT molecular complexity index is 1490. The summed E-state index contributed by atoms with van der Waals surface area (Å²) in [7, 11) is 1.63. The summed E-state index contributed by atoms with van der Waals surface area (Å²) in [6, 6.07) is 23.1. The molecule has 0 N–H and O–H groups in total. The molecular weight excluding hydrogens is 436 g/mol. The fourth-order valence-corrected chi connectivity index (χ4v) is 4.89. The molecule has 0 amide bonds. The Labute approximate surface area is 204 Å². The van der Waals surface area contributed by atoms with Crippen molar-refractivity contribution in [3.63, 3.8) is 0 Å². The third-order valence-electron chi connectivity index (χ3n) is 6.55. The van der Waals surface area contributed by atoms with Crippen molar-refractivity contribution in [2.24, 2.45) is 0 Å². The highest BCUT2D eigenvalue weighted by atomic mass is 16.5. The number of imidazole rings is 1. The van der Waals surface area contributed by atoms with Crippen LogP contribution in [0.1, 0.15) is 35.8 Å². The normalized spacial score (nSPS) is 15.1. The number of rotatable bonds is 5. The van der Waals surface area contributed by atoms with Crippen molar-refractivity contribution in [2.45, 2.75) is 32.2 Å². The predicted molar refractivity (Wildman–Crippen MR) is 135 cm³/mol. The van der Waals surface area contributed by atoms with Crippen LogP contribution in [0.4, 0.5) is 0 Å². The molecule has 0 saturated heterocycles. The molecule has 1 aliphatic heterocycles. The van der Waals surface area contributed by atoms with E-state index in [-0.39, 0.29) is 5.92 Å². The van der Waals surface area contributed by atoms with Gasteiger partial charge in [-0.25, -0.2) is 19.6 Å². The lowest BCUT2D eigenvalue weighted by Gasteiger charge is -2.24. The quantitative estimate of drug-likeness (QED) is 0.348. The minimum Gasteiger partial charge on any atom is -0.479 e. The fraction of sp³-hybridized carbons (Fsp3) is 0.214. The first kappa shape index (κ1) is 21.3.